The lowest BCUT2D eigenvalue weighted by molar-refractivity contribution is -0.202. The smallest absolute Gasteiger partial charge is 0.343 e. The van der Waals surface area contributed by atoms with E-state index < -0.39 is 11.6 Å². The van der Waals surface area contributed by atoms with Crippen LogP contribution in [0.4, 0.5) is 13.2 Å². The van der Waals surface area contributed by atoms with E-state index in [0.29, 0.717) is 38.8 Å². The topological polar surface area (TPSA) is 59.2 Å². The number of carbonyl (C=O) groups is 1. The molecule has 1 saturated heterocycles. The van der Waals surface area contributed by atoms with E-state index in [1.54, 1.807) is 4.90 Å². The maximum Gasteiger partial charge on any atom is 0.401 e. The van der Waals surface area contributed by atoms with Gasteiger partial charge in [-0.2, -0.15) is 18.2 Å². The molecule has 0 N–H and O–H groups in total. The van der Waals surface area contributed by atoms with E-state index in [1.165, 1.54) is 6.92 Å². The third-order valence-corrected chi connectivity index (χ3v) is 5.41. The van der Waals surface area contributed by atoms with Crippen molar-refractivity contribution in [2.75, 3.05) is 13.1 Å². The molecule has 2 fully saturated rings. The molecule has 0 spiro atoms. The first-order chi connectivity index (χ1) is 11.3. The molecule has 5 nitrogen and oxygen atoms in total. The Morgan fingerprint density at radius 3 is 2.38 bits per heavy atom. The van der Waals surface area contributed by atoms with Gasteiger partial charge in [0.1, 0.15) is 5.41 Å². The fourth-order valence-corrected chi connectivity index (χ4v) is 3.83. The Kier molecular flexibility index (Phi) is 4.57. The van der Waals surface area contributed by atoms with Crippen molar-refractivity contribution in [3.8, 4) is 0 Å². The van der Waals surface area contributed by atoms with Crippen molar-refractivity contribution < 1.29 is 22.5 Å². The largest absolute Gasteiger partial charge is 0.401 e. The van der Waals surface area contributed by atoms with E-state index >= 15 is 0 Å². The average molecular weight is 345 g/mol. The summed E-state index contributed by atoms with van der Waals surface area (Å²) in [5.41, 5.74) is -1.97. The van der Waals surface area contributed by atoms with Gasteiger partial charge in [-0.05, 0) is 25.7 Å². The molecular weight excluding hydrogens is 323 g/mol. The summed E-state index contributed by atoms with van der Waals surface area (Å²) in [5.74, 6) is 0.00900. The van der Waals surface area contributed by atoms with Crippen LogP contribution in [0.5, 0.6) is 0 Å². The van der Waals surface area contributed by atoms with Crippen LogP contribution in [0.1, 0.15) is 69.5 Å². The number of alkyl halides is 3. The second-order valence-electron chi connectivity index (χ2n) is 6.88. The predicted octanol–water partition coefficient (Wildman–Crippen LogP) is 3.56. The monoisotopic (exact) mass is 345 g/mol. The van der Waals surface area contributed by atoms with Gasteiger partial charge >= 0.3 is 6.18 Å². The molecular formula is C16H22F3N3O2. The number of nitrogens with zero attached hydrogens (tertiary/aromatic N) is 3. The summed E-state index contributed by atoms with van der Waals surface area (Å²) < 4.78 is 46.3. The van der Waals surface area contributed by atoms with E-state index in [4.69, 9.17) is 4.52 Å². The highest BCUT2D eigenvalue weighted by Gasteiger charge is 2.58. The number of hydrogen-bond acceptors (Lipinski definition) is 4. The summed E-state index contributed by atoms with van der Waals surface area (Å²) in [4.78, 5) is 17.2. The molecule has 0 aromatic carbocycles. The van der Waals surface area contributed by atoms with Crippen LogP contribution in [-0.4, -0.2) is 40.2 Å². The van der Waals surface area contributed by atoms with Crippen molar-refractivity contribution in [3.63, 3.8) is 0 Å². The van der Waals surface area contributed by atoms with Gasteiger partial charge in [-0.15, -0.1) is 0 Å². The van der Waals surface area contributed by atoms with Gasteiger partial charge in [0.25, 0.3) is 0 Å². The van der Waals surface area contributed by atoms with Crippen LogP contribution in [0.2, 0.25) is 0 Å². The van der Waals surface area contributed by atoms with Crippen molar-refractivity contribution in [3.05, 3.63) is 11.7 Å². The van der Waals surface area contributed by atoms with E-state index in [2.05, 4.69) is 10.1 Å². The fraction of sp³-hybridized carbons (Fsp3) is 0.812. The van der Waals surface area contributed by atoms with Crippen molar-refractivity contribution >= 4 is 5.91 Å². The quantitative estimate of drug-likeness (QED) is 0.822. The van der Waals surface area contributed by atoms with Crippen LogP contribution in [0, 0.1) is 0 Å². The van der Waals surface area contributed by atoms with Crippen LogP contribution in [0.15, 0.2) is 4.52 Å². The maximum atomic E-state index is 13.7. The van der Waals surface area contributed by atoms with Crippen LogP contribution in [0.3, 0.4) is 0 Å². The number of hydrogen-bond donors (Lipinski definition) is 0. The van der Waals surface area contributed by atoms with Gasteiger partial charge in [-0.25, -0.2) is 0 Å². The molecule has 0 radical (unpaired) electrons. The molecule has 1 amide bonds. The molecule has 8 heteroatoms. The highest BCUT2D eigenvalue weighted by atomic mass is 19.4. The highest BCUT2D eigenvalue weighted by Crippen LogP contribution is 2.50. The summed E-state index contributed by atoms with van der Waals surface area (Å²) >= 11 is 0. The second kappa shape index (κ2) is 6.37. The number of halogens is 3. The fourth-order valence-electron chi connectivity index (χ4n) is 3.83. The van der Waals surface area contributed by atoms with Gasteiger partial charge in [-0.1, -0.05) is 24.4 Å². The number of likely N-dealkylation sites (tertiary alicyclic amines) is 1. The molecule has 0 bridgehead atoms. The first-order valence-corrected chi connectivity index (χ1v) is 8.50. The van der Waals surface area contributed by atoms with Crippen LogP contribution in [0.25, 0.3) is 0 Å². The number of aromatic nitrogens is 2. The molecule has 3 rings (SSSR count). The minimum Gasteiger partial charge on any atom is -0.343 e. The third-order valence-electron chi connectivity index (χ3n) is 5.41. The second-order valence-corrected chi connectivity index (χ2v) is 6.88. The summed E-state index contributed by atoms with van der Waals surface area (Å²) in [6, 6.07) is 0. The summed E-state index contributed by atoms with van der Waals surface area (Å²) in [7, 11) is 0. The van der Waals surface area contributed by atoms with Crippen molar-refractivity contribution in [1.29, 1.82) is 0 Å². The standard InChI is InChI=1S/C16H22F3N3O2/c1-11(23)22-9-5-12(6-10-22)13-20-14(21-24-13)15(16(17,18)19)7-3-2-4-8-15/h12H,2-10H2,1H3. The Morgan fingerprint density at radius 1 is 1.21 bits per heavy atom. The number of rotatable bonds is 2. The molecule has 134 valence electrons. The molecule has 1 aliphatic heterocycles. The molecule has 0 unspecified atom stereocenters. The Labute approximate surface area is 138 Å². The highest BCUT2D eigenvalue weighted by molar-refractivity contribution is 5.73. The minimum atomic E-state index is -4.37. The third kappa shape index (κ3) is 3.02. The van der Waals surface area contributed by atoms with Gasteiger partial charge in [-0.3, -0.25) is 4.79 Å². The molecule has 2 heterocycles. The minimum absolute atomic E-state index is 0.0119. The van der Waals surface area contributed by atoms with Gasteiger partial charge in [0.05, 0.1) is 0 Å². The lowest BCUT2D eigenvalue weighted by Gasteiger charge is -2.36. The molecule has 24 heavy (non-hydrogen) atoms. The van der Waals surface area contributed by atoms with E-state index in [-0.39, 0.29) is 36.4 Å². The number of carbonyl (C=O) groups excluding carboxylic acids is 1. The average Bonchev–Trinajstić information content (AvgIpc) is 3.05. The normalized spacial score (nSPS) is 22.6. The van der Waals surface area contributed by atoms with Crippen molar-refractivity contribution in [2.45, 2.75) is 69.4 Å². The SMILES string of the molecule is CC(=O)N1CCC(c2nc(C3(C(F)(F)F)CCCCC3)no2)CC1. The van der Waals surface area contributed by atoms with Crippen molar-refractivity contribution in [2.24, 2.45) is 0 Å². The zero-order valence-electron chi connectivity index (χ0n) is 13.7. The van der Waals surface area contributed by atoms with Crippen LogP contribution < -0.4 is 0 Å². The Hall–Kier alpha value is -1.60. The van der Waals surface area contributed by atoms with E-state index in [0.717, 1.165) is 6.42 Å². The van der Waals surface area contributed by atoms with E-state index in [9.17, 15) is 18.0 Å². The maximum absolute atomic E-state index is 13.7. The van der Waals surface area contributed by atoms with Crippen LogP contribution in [-0.2, 0) is 10.2 Å². The molecule has 1 aromatic rings. The summed E-state index contributed by atoms with van der Waals surface area (Å²) in [6.07, 6.45) is -1.17. The Morgan fingerprint density at radius 2 is 1.83 bits per heavy atom. The molecule has 1 saturated carbocycles. The molecule has 2 aliphatic rings. The van der Waals surface area contributed by atoms with Gasteiger partial charge in [0, 0.05) is 25.9 Å². The number of piperidine rings is 1. The summed E-state index contributed by atoms with van der Waals surface area (Å²) in [6.45, 7) is 2.66. The van der Waals surface area contributed by atoms with Gasteiger partial charge in [0.2, 0.25) is 11.8 Å². The van der Waals surface area contributed by atoms with Gasteiger partial charge in [0.15, 0.2) is 5.82 Å². The lowest BCUT2D eigenvalue weighted by Crippen LogP contribution is -2.45. The Bertz CT molecular complexity index is 586. The number of amides is 1. The molecule has 0 atom stereocenters. The van der Waals surface area contributed by atoms with E-state index in [1.807, 2.05) is 0 Å². The molecule has 1 aliphatic carbocycles. The van der Waals surface area contributed by atoms with Crippen LogP contribution >= 0.6 is 0 Å². The first-order valence-electron chi connectivity index (χ1n) is 8.50. The zero-order valence-corrected chi connectivity index (χ0v) is 13.7. The Balaban J connectivity index is 1.78. The van der Waals surface area contributed by atoms with Gasteiger partial charge < -0.3 is 9.42 Å². The first kappa shape index (κ1) is 17.2. The predicted molar refractivity (Wildman–Crippen MR) is 79.3 cm³/mol. The zero-order chi connectivity index (χ0) is 17.4. The molecule has 1 aromatic heterocycles. The van der Waals surface area contributed by atoms with Crippen molar-refractivity contribution in [1.82, 2.24) is 15.0 Å². The lowest BCUT2D eigenvalue weighted by atomic mass is 9.73. The summed E-state index contributed by atoms with van der Waals surface area (Å²) in [5, 5.41) is 3.72.